The maximum absolute atomic E-state index is 12.8. The number of carbonyl (C=O) groups excluding carboxylic acids is 2. The molecule has 3 fully saturated rings. The predicted molar refractivity (Wildman–Crippen MR) is 95.4 cm³/mol. The predicted octanol–water partition coefficient (Wildman–Crippen LogP) is 0.703. The Hall–Kier alpha value is -1.34. The number of ether oxygens (including phenoxy) is 1. The van der Waals surface area contributed by atoms with Gasteiger partial charge in [0.15, 0.2) is 0 Å². The van der Waals surface area contributed by atoms with Crippen LogP contribution in [0, 0.1) is 5.92 Å². The topological polar surface area (TPSA) is 56.3 Å². The van der Waals surface area contributed by atoms with Crippen LogP contribution < -0.4 is 0 Å². The molecule has 3 amide bonds. The number of hydrogen-bond acceptors (Lipinski definition) is 4. The van der Waals surface area contributed by atoms with Gasteiger partial charge in [0, 0.05) is 52.9 Å². The summed E-state index contributed by atoms with van der Waals surface area (Å²) in [7, 11) is 3.61. The third-order valence-electron chi connectivity index (χ3n) is 5.76. The number of morpholine rings is 1. The van der Waals surface area contributed by atoms with E-state index in [1.807, 2.05) is 9.80 Å². The molecule has 1 atom stereocenters. The van der Waals surface area contributed by atoms with E-state index in [0.717, 1.165) is 65.0 Å². The molecule has 3 saturated heterocycles. The van der Waals surface area contributed by atoms with Crippen molar-refractivity contribution in [2.75, 3.05) is 66.6 Å². The van der Waals surface area contributed by atoms with Crippen molar-refractivity contribution in [3.8, 4) is 0 Å². The molecule has 0 N–H and O–H groups in total. The lowest BCUT2D eigenvalue weighted by atomic mass is 9.92. The Morgan fingerprint density at radius 1 is 0.920 bits per heavy atom. The second-order valence-corrected chi connectivity index (χ2v) is 7.67. The maximum Gasteiger partial charge on any atom is 0.319 e. The molecule has 0 bridgehead atoms. The number of rotatable bonds is 2. The van der Waals surface area contributed by atoms with Gasteiger partial charge >= 0.3 is 6.03 Å². The molecule has 0 radical (unpaired) electrons. The minimum atomic E-state index is 0.109. The highest BCUT2D eigenvalue weighted by molar-refractivity contribution is 5.79. The Morgan fingerprint density at radius 2 is 1.60 bits per heavy atom. The highest BCUT2D eigenvalue weighted by Gasteiger charge is 2.34. The van der Waals surface area contributed by atoms with Crippen molar-refractivity contribution >= 4 is 11.9 Å². The first-order valence-corrected chi connectivity index (χ1v) is 9.63. The molecular weight excluding hydrogens is 320 g/mol. The molecule has 0 spiro atoms. The molecule has 142 valence electrons. The van der Waals surface area contributed by atoms with Crippen molar-refractivity contribution < 1.29 is 14.3 Å². The van der Waals surface area contributed by atoms with Crippen LogP contribution in [-0.4, -0.2) is 104 Å². The number of carbonyl (C=O) groups is 2. The second kappa shape index (κ2) is 8.36. The van der Waals surface area contributed by atoms with Crippen molar-refractivity contribution in [1.82, 2.24) is 19.6 Å². The molecule has 3 aliphatic heterocycles. The Bertz CT molecular complexity index is 471. The normalized spacial score (nSPS) is 26.6. The van der Waals surface area contributed by atoms with Crippen LogP contribution in [0.1, 0.15) is 25.7 Å². The monoisotopic (exact) mass is 352 g/mol. The number of piperidine rings is 2. The molecule has 0 aliphatic carbocycles. The van der Waals surface area contributed by atoms with E-state index >= 15 is 0 Å². The van der Waals surface area contributed by atoms with E-state index in [2.05, 4.69) is 4.90 Å². The van der Waals surface area contributed by atoms with E-state index in [0.29, 0.717) is 25.2 Å². The van der Waals surface area contributed by atoms with Gasteiger partial charge in [-0.2, -0.15) is 0 Å². The second-order valence-electron chi connectivity index (χ2n) is 7.67. The summed E-state index contributed by atoms with van der Waals surface area (Å²) in [5.41, 5.74) is 0. The van der Waals surface area contributed by atoms with Crippen LogP contribution in [-0.2, 0) is 9.53 Å². The zero-order chi connectivity index (χ0) is 17.8. The lowest BCUT2D eigenvalue weighted by molar-refractivity contribution is -0.141. The quantitative estimate of drug-likeness (QED) is 0.734. The molecule has 7 heteroatoms. The van der Waals surface area contributed by atoms with Crippen LogP contribution in [0.5, 0.6) is 0 Å². The average Bonchev–Trinajstić information content (AvgIpc) is 2.67. The van der Waals surface area contributed by atoms with Gasteiger partial charge < -0.3 is 19.4 Å². The molecule has 7 nitrogen and oxygen atoms in total. The van der Waals surface area contributed by atoms with Crippen LogP contribution >= 0.6 is 0 Å². The van der Waals surface area contributed by atoms with Crippen LogP contribution in [0.15, 0.2) is 0 Å². The Morgan fingerprint density at radius 3 is 2.24 bits per heavy atom. The van der Waals surface area contributed by atoms with Crippen molar-refractivity contribution in [1.29, 1.82) is 0 Å². The molecule has 0 aromatic heterocycles. The zero-order valence-corrected chi connectivity index (χ0v) is 15.7. The van der Waals surface area contributed by atoms with Crippen molar-refractivity contribution in [2.24, 2.45) is 5.92 Å². The smallest absolute Gasteiger partial charge is 0.319 e. The van der Waals surface area contributed by atoms with Gasteiger partial charge in [0.1, 0.15) is 0 Å². The van der Waals surface area contributed by atoms with Gasteiger partial charge in [-0.1, -0.05) is 0 Å². The molecule has 0 aromatic rings. The highest BCUT2D eigenvalue weighted by atomic mass is 16.5. The van der Waals surface area contributed by atoms with Gasteiger partial charge in [-0.3, -0.25) is 9.69 Å². The summed E-state index contributed by atoms with van der Waals surface area (Å²) in [5.74, 6) is 0.446. The summed E-state index contributed by atoms with van der Waals surface area (Å²) in [6.07, 6.45) is 4.12. The van der Waals surface area contributed by atoms with Gasteiger partial charge in [0.2, 0.25) is 5.91 Å². The SMILES string of the molecule is CN(C)C(=O)N1CCC(N2CCC[C@H](C(=O)N3CCOCC3)C2)CC1. The number of hydrogen-bond donors (Lipinski definition) is 0. The Balaban J connectivity index is 1.50. The van der Waals surface area contributed by atoms with Gasteiger partial charge in [-0.25, -0.2) is 4.79 Å². The standard InChI is InChI=1S/C18H32N4O3/c1-19(2)18(24)21-8-5-16(6-9-21)22-7-3-4-15(14-22)17(23)20-10-12-25-13-11-20/h15-16H,3-14H2,1-2H3/t15-/m0/s1. The maximum atomic E-state index is 12.8. The van der Waals surface area contributed by atoms with E-state index in [-0.39, 0.29) is 11.9 Å². The summed E-state index contributed by atoms with van der Waals surface area (Å²) in [4.78, 5) is 32.9. The van der Waals surface area contributed by atoms with E-state index in [4.69, 9.17) is 4.74 Å². The first kappa shape index (κ1) is 18.5. The number of urea groups is 1. The number of nitrogens with zero attached hydrogens (tertiary/aromatic N) is 4. The summed E-state index contributed by atoms with van der Waals surface area (Å²) in [5, 5.41) is 0. The molecule has 3 aliphatic rings. The molecule has 0 saturated carbocycles. The van der Waals surface area contributed by atoms with Gasteiger partial charge in [0.05, 0.1) is 19.1 Å². The molecule has 25 heavy (non-hydrogen) atoms. The van der Waals surface area contributed by atoms with Gasteiger partial charge in [0.25, 0.3) is 0 Å². The van der Waals surface area contributed by atoms with Crippen molar-refractivity contribution in [2.45, 2.75) is 31.7 Å². The average molecular weight is 352 g/mol. The van der Waals surface area contributed by atoms with Crippen LogP contribution in [0.4, 0.5) is 4.79 Å². The summed E-state index contributed by atoms with van der Waals surface area (Å²) in [6.45, 7) is 6.41. The number of likely N-dealkylation sites (tertiary alicyclic amines) is 2. The zero-order valence-electron chi connectivity index (χ0n) is 15.7. The molecule has 0 unspecified atom stereocenters. The summed E-state index contributed by atoms with van der Waals surface area (Å²) in [6, 6.07) is 0.615. The fraction of sp³-hybridized carbons (Fsp3) is 0.889. The van der Waals surface area contributed by atoms with E-state index in [1.165, 1.54) is 0 Å². The third kappa shape index (κ3) is 4.44. The van der Waals surface area contributed by atoms with Gasteiger partial charge in [-0.15, -0.1) is 0 Å². The largest absolute Gasteiger partial charge is 0.378 e. The number of amides is 3. The fourth-order valence-electron chi connectivity index (χ4n) is 4.29. The lowest BCUT2D eigenvalue weighted by Gasteiger charge is -2.43. The van der Waals surface area contributed by atoms with Crippen LogP contribution in [0.3, 0.4) is 0 Å². The minimum absolute atomic E-state index is 0.109. The third-order valence-corrected chi connectivity index (χ3v) is 5.76. The highest BCUT2D eigenvalue weighted by Crippen LogP contribution is 2.25. The molecule has 0 aromatic carbocycles. The first-order chi connectivity index (χ1) is 12.1. The van der Waals surface area contributed by atoms with E-state index in [1.54, 1.807) is 19.0 Å². The molecular formula is C18H32N4O3. The van der Waals surface area contributed by atoms with Crippen molar-refractivity contribution in [3.63, 3.8) is 0 Å². The molecule has 3 rings (SSSR count). The van der Waals surface area contributed by atoms with E-state index < -0.39 is 0 Å². The Labute approximate surface area is 150 Å². The lowest BCUT2D eigenvalue weighted by Crippen LogP contribution is -2.53. The minimum Gasteiger partial charge on any atom is -0.378 e. The molecule has 3 heterocycles. The van der Waals surface area contributed by atoms with E-state index in [9.17, 15) is 9.59 Å². The summed E-state index contributed by atoms with van der Waals surface area (Å²) < 4.78 is 5.36. The van der Waals surface area contributed by atoms with Gasteiger partial charge in [-0.05, 0) is 32.2 Å². The Kier molecular flexibility index (Phi) is 6.17. The first-order valence-electron chi connectivity index (χ1n) is 9.63. The van der Waals surface area contributed by atoms with Crippen LogP contribution in [0.2, 0.25) is 0 Å². The fourth-order valence-corrected chi connectivity index (χ4v) is 4.29. The van der Waals surface area contributed by atoms with Crippen molar-refractivity contribution in [3.05, 3.63) is 0 Å². The summed E-state index contributed by atoms with van der Waals surface area (Å²) >= 11 is 0. The van der Waals surface area contributed by atoms with Crippen LogP contribution in [0.25, 0.3) is 0 Å².